The van der Waals surface area contributed by atoms with Crippen molar-refractivity contribution in [3.8, 4) is 0 Å². The molecule has 1 aromatic carbocycles. The Labute approximate surface area is 165 Å². The van der Waals surface area contributed by atoms with Gasteiger partial charge in [0.2, 0.25) is 11.9 Å². The molecule has 1 aliphatic rings. The third kappa shape index (κ3) is 4.03. The van der Waals surface area contributed by atoms with E-state index in [2.05, 4.69) is 15.5 Å². The molecule has 29 heavy (non-hydrogen) atoms. The largest absolute Gasteiger partial charge is 0.416 e. The third-order valence-electron chi connectivity index (χ3n) is 5.15. The molecule has 1 aliphatic heterocycles. The van der Waals surface area contributed by atoms with Crippen LogP contribution in [0.3, 0.4) is 0 Å². The van der Waals surface area contributed by atoms with E-state index in [1.807, 2.05) is 33.7 Å². The third-order valence-corrected chi connectivity index (χ3v) is 5.15. The first-order valence-corrected chi connectivity index (χ1v) is 9.41. The monoisotopic (exact) mass is 403 g/mol. The van der Waals surface area contributed by atoms with Crippen molar-refractivity contribution in [3.05, 3.63) is 59.8 Å². The normalized spacial score (nSPS) is 17.5. The summed E-state index contributed by atoms with van der Waals surface area (Å²) in [6.07, 6.45) is -1.11. The van der Waals surface area contributed by atoms with Crippen LogP contribution in [-0.4, -0.2) is 33.6 Å². The number of piperidine rings is 1. The Balaban J connectivity index is 1.44. The van der Waals surface area contributed by atoms with Crippen molar-refractivity contribution in [2.24, 2.45) is 5.92 Å². The minimum atomic E-state index is -4.45. The highest BCUT2D eigenvalue weighted by molar-refractivity contribution is 5.79. The number of hydrogen-bond acceptors (Lipinski definition) is 4. The minimum absolute atomic E-state index is 0.0597. The second kappa shape index (κ2) is 7.73. The highest BCUT2D eigenvalue weighted by Gasteiger charge is 2.33. The quantitative estimate of drug-likeness (QED) is 0.726. The number of carbonyl (C=O) groups is 1. The molecular formula is C20H20F3N5O. The van der Waals surface area contributed by atoms with Crippen molar-refractivity contribution in [1.82, 2.24) is 19.9 Å². The number of amides is 1. The fourth-order valence-corrected chi connectivity index (χ4v) is 3.69. The summed E-state index contributed by atoms with van der Waals surface area (Å²) in [4.78, 5) is 14.6. The van der Waals surface area contributed by atoms with Gasteiger partial charge in [-0.2, -0.15) is 13.2 Å². The zero-order valence-electron chi connectivity index (χ0n) is 15.6. The van der Waals surface area contributed by atoms with Gasteiger partial charge in [-0.1, -0.05) is 24.3 Å². The van der Waals surface area contributed by atoms with Gasteiger partial charge < -0.3 is 10.2 Å². The molecule has 0 saturated carbocycles. The molecule has 3 aromatic rings. The number of hydrogen-bond donors (Lipinski definition) is 1. The van der Waals surface area contributed by atoms with Crippen LogP contribution in [0.4, 0.5) is 19.1 Å². The second-order valence-corrected chi connectivity index (χ2v) is 7.09. The number of nitrogens with zero attached hydrogens (tertiary/aromatic N) is 4. The zero-order valence-corrected chi connectivity index (χ0v) is 15.6. The van der Waals surface area contributed by atoms with Crippen LogP contribution >= 0.6 is 0 Å². The van der Waals surface area contributed by atoms with E-state index in [1.165, 1.54) is 18.2 Å². The first-order valence-electron chi connectivity index (χ1n) is 9.41. The van der Waals surface area contributed by atoms with Crippen LogP contribution in [0.15, 0.2) is 48.7 Å². The molecule has 1 amide bonds. The topological polar surface area (TPSA) is 62.5 Å². The van der Waals surface area contributed by atoms with Gasteiger partial charge in [0.15, 0.2) is 5.65 Å². The summed E-state index contributed by atoms with van der Waals surface area (Å²) >= 11 is 0. The van der Waals surface area contributed by atoms with Gasteiger partial charge in [0.1, 0.15) is 0 Å². The summed E-state index contributed by atoms with van der Waals surface area (Å²) in [5.74, 6) is 0.0962. The van der Waals surface area contributed by atoms with Crippen LogP contribution in [0, 0.1) is 5.92 Å². The molecule has 0 spiro atoms. The van der Waals surface area contributed by atoms with Gasteiger partial charge in [0, 0.05) is 25.8 Å². The molecule has 1 atom stereocenters. The molecule has 4 rings (SSSR count). The molecule has 0 bridgehead atoms. The lowest BCUT2D eigenvalue weighted by Crippen LogP contribution is -2.43. The highest BCUT2D eigenvalue weighted by atomic mass is 19.4. The number of aromatic nitrogens is 3. The zero-order chi connectivity index (χ0) is 20.4. The van der Waals surface area contributed by atoms with E-state index in [4.69, 9.17) is 0 Å². The average Bonchev–Trinajstić information content (AvgIpc) is 3.16. The van der Waals surface area contributed by atoms with Crippen molar-refractivity contribution in [3.63, 3.8) is 0 Å². The second-order valence-electron chi connectivity index (χ2n) is 7.09. The van der Waals surface area contributed by atoms with E-state index < -0.39 is 11.7 Å². The van der Waals surface area contributed by atoms with Crippen LogP contribution in [0.25, 0.3) is 5.65 Å². The minimum Gasteiger partial charge on any atom is -0.352 e. The van der Waals surface area contributed by atoms with Crippen molar-refractivity contribution in [2.45, 2.75) is 25.6 Å². The number of halogens is 3. The van der Waals surface area contributed by atoms with Crippen molar-refractivity contribution >= 4 is 17.5 Å². The number of alkyl halides is 3. The molecular weight excluding hydrogens is 383 g/mol. The maximum absolute atomic E-state index is 13.1. The number of pyridine rings is 1. The van der Waals surface area contributed by atoms with Crippen LogP contribution in [-0.2, 0) is 17.5 Å². The van der Waals surface area contributed by atoms with Crippen LogP contribution in [0.5, 0.6) is 0 Å². The number of benzene rings is 1. The summed E-state index contributed by atoms with van der Waals surface area (Å²) in [6.45, 7) is 1.04. The fourth-order valence-electron chi connectivity index (χ4n) is 3.69. The molecule has 0 aliphatic carbocycles. The lowest BCUT2D eigenvalue weighted by Gasteiger charge is -2.32. The van der Waals surface area contributed by atoms with Gasteiger partial charge in [0.05, 0.1) is 11.5 Å². The maximum atomic E-state index is 13.1. The van der Waals surface area contributed by atoms with Gasteiger partial charge in [0.25, 0.3) is 0 Å². The summed E-state index contributed by atoms with van der Waals surface area (Å²) in [5, 5.41) is 11.0. The number of carbonyl (C=O) groups excluding carboxylic acids is 1. The summed E-state index contributed by atoms with van der Waals surface area (Å²) in [6, 6.07) is 10.9. The summed E-state index contributed by atoms with van der Waals surface area (Å²) in [5.41, 5.74) is 0.0581. The molecule has 3 heterocycles. The Bertz CT molecular complexity index is 1020. The molecule has 1 saturated heterocycles. The van der Waals surface area contributed by atoms with Gasteiger partial charge in [-0.15, -0.1) is 10.2 Å². The van der Waals surface area contributed by atoms with Crippen LogP contribution < -0.4 is 10.2 Å². The number of fused-ring (bicyclic) bond motifs is 1. The smallest absolute Gasteiger partial charge is 0.352 e. The standard InChI is InChI=1S/C20H20F3N5O/c21-20(22,23)16-8-2-1-6-14(16)12-24-18(29)15-7-5-10-27(13-15)19-26-25-17-9-3-4-11-28(17)19/h1-4,6,8-9,11,15H,5,7,10,12-13H2,(H,24,29). The lowest BCUT2D eigenvalue weighted by atomic mass is 9.97. The van der Waals surface area contributed by atoms with Gasteiger partial charge in [-0.3, -0.25) is 9.20 Å². The molecule has 152 valence electrons. The molecule has 6 nitrogen and oxygen atoms in total. The van der Waals surface area contributed by atoms with E-state index in [0.717, 1.165) is 24.7 Å². The fraction of sp³-hybridized carbons (Fsp3) is 0.350. The molecule has 2 aromatic heterocycles. The van der Waals surface area contributed by atoms with Crippen molar-refractivity contribution < 1.29 is 18.0 Å². The van der Waals surface area contributed by atoms with Crippen molar-refractivity contribution in [1.29, 1.82) is 0 Å². The predicted octanol–water partition coefficient (Wildman–Crippen LogP) is 3.28. The van der Waals surface area contributed by atoms with Crippen molar-refractivity contribution in [2.75, 3.05) is 18.0 Å². The van der Waals surface area contributed by atoms with E-state index >= 15 is 0 Å². The van der Waals surface area contributed by atoms with E-state index in [1.54, 1.807) is 0 Å². The Hall–Kier alpha value is -3.10. The SMILES string of the molecule is O=C(NCc1ccccc1C(F)(F)F)C1CCCN(c2nnc3ccccn23)C1. The molecule has 1 fully saturated rings. The van der Waals surface area contributed by atoms with E-state index in [9.17, 15) is 18.0 Å². The average molecular weight is 403 g/mol. The predicted molar refractivity (Wildman–Crippen MR) is 101 cm³/mol. The Morgan fingerprint density at radius 3 is 2.76 bits per heavy atom. The summed E-state index contributed by atoms with van der Waals surface area (Å²) < 4.78 is 41.2. The molecule has 1 N–H and O–H groups in total. The van der Waals surface area contributed by atoms with E-state index in [-0.39, 0.29) is 23.9 Å². The first kappa shape index (κ1) is 19.2. The van der Waals surface area contributed by atoms with Gasteiger partial charge >= 0.3 is 6.18 Å². The molecule has 0 radical (unpaired) electrons. The molecule has 9 heteroatoms. The Kier molecular flexibility index (Phi) is 5.12. The number of anilines is 1. The Morgan fingerprint density at radius 2 is 1.93 bits per heavy atom. The van der Waals surface area contributed by atoms with Gasteiger partial charge in [-0.25, -0.2) is 0 Å². The number of rotatable bonds is 4. The number of nitrogens with one attached hydrogen (secondary N) is 1. The van der Waals surface area contributed by atoms with E-state index in [0.29, 0.717) is 18.9 Å². The maximum Gasteiger partial charge on any atom is 0.416 e. The van der Waals surface area contributed by atoms with Crippen LogP contribution in [0.1, 0.15) is 24.0 Å². The summed E-state index contributed by atoms with van der Waals surface area (Å²) in [7, 11) is 0. The first-order chi connectivity index (χ1) is 13.9. The highest BCUT2D eigenvalue weighted by Crippen LogP contribution is 2.32. The van der Waals surface area contributed by atoms with Crippen LogP contribution in [0.2, 0.25) is 0 Å². The molecule has 1 unspecified atom stereocenters. The van der Waals surface area contributed by atoms with Gasteiger partial charge in [-0.05, 0) is 36.6 Å². The lowest BCUT2D eigenvalue weighted by molar-refractivity contribution is -0.138. The Morgan fingerprint density at radius 1 is 1.14 bits per heavy atom.